The summed E-state index contributed by atoms with van der Waals surface area (Å²) in [6, 6.07) is 17.9. The number of hydrogen-bond acceptors (Lipinski definition) is 2. The highest BCUT2D eigenvalue weighted by Gasteiger charge is 2.11. The molecule has 0 bridgehead atoms. The number of carbonyl (C=O) groups excluding carboxylic acids is 1. The van der Waals surface area contributed by atoms with Gasteiger partial charge in [-0.05, 0) is 37.1 Å². The molecule has 35 heavy (non-hydrogen) atoms. The van der Waals surface area contributed by atoms with Gasteiger partial charge in [-0.25, -0.2) is 0 Å². The third-order valence-corrected chi connectivity index (χ3v) is 7.09. The van der Waals surface area contributed by atoms with Crippen LogP contribution in [0.5, 0.6) is 0 Å². The second-order valence-corrected chi connectivity index (χ2v) is 10.2. The van der Waals surface area contributed by atoms with E-state index in [0.717, 1.165) is 24.2 Å². The van der Waals surface area contributed by atoms with Crippen LogP contribution in [0.1, 0.15) is 133 Å². The zero-order chi connectivity index (χ0) is 25.0. The number of nitrogens with zero attached hydrogens (tertiary/aromatic N) is 1. The van der Waals surface area contributed by atoms with E-state index < -0.39 is 0 Å². The summed E-state index contributed by atoms with van der Waals surface area (Å²) in [5.41, 5.74) is 2.80. The number of rotatable bonds is 21. The molecule has 0 heterocycles. The van der Waals surface area contributed by atoms with Crippen LogP contribution in [0.15, 0.2) is 54.6 Å². The molecule has 194 valence electrons. The second kappa shape index (κ2) is 19.1. The summed E-state index contributed by atoms with van der Waals surface area (Å²) in [5.74, 6) is 0.106. The van der Waals surface area contributed by atoms with Gasteiger partial charge >= 0.3 is 0 Å². The second-order valence-electron chi connectivity index (χ2n) is 10.2. The summed E-state index contributed by atoms with van der Waals surface area (Å²) in [4.78, 5) is 15.4. The van der Waals surface area contributed by atoms with Crippen LogP contribution in [0.3, 0.4) is 0 Å². The highest BCUT2D eigenvalue weighted by Crippen LogP contribution is 2.20. The van der Waals surface area contributed by atoms with Gasteiger partial charge < -0.3 is 4.90 Å². The molecule has 0 unspecified atom stereocenters. The Morgan fingerprint density at radius 3 is 1.37 bits per heavy atom. The van der Waals surface area contributed by atoms with Gasteiger partial charge in [-0.15, -0.1) is 0 Å². The first-order valence-electron chi connectivity index (χ1n) is 14.7. The van der Waals surface area contributed by atoms with Crippen LogP contribution in [-0.4, -0.2) is 18.9 Å². The monoisotopic (exact) mass is 477 g/mol. The fraction of sp³-hybridized carbons (Fsp3) is 0.606. The van der Waals surface area contributed by atoms with Crippen molar-refractivity contribution in [3.8, 4) is 0 Å². The molecule has 0 N–H and O–H groups in total. The topological polar surface area (TPSA) is 20.3 Å². The molecule has 0 fully saturated rings. The Bertz CT molecular complexity index is 747. The molecule has 0 saturated carbocycles. The minimum Gasteiger partial charge on any atom is -0.372 e. The van der Waals surface area contributed by atoms with Crippen molar-refractivity contribution in [1.82, 2.24) is 0 Å². The van der Waals surface area contributed by atoms with Crippen LogP contribution in [0, 0.1) is 0 Å². The van der Waals surface area contributed by atoms with Crippen molar-refractivity contribution in [3.05, 3.63) is 65.7 Å². The summed E-state index contributed by atoms with van der Waals surface area (Å²) in [6.07, 6.45) is 21.7. The van der Waals surface area contributed by atoms with E-state index in [9.17, 15) is 4.79 Å². The fourth-order valence-corrected chi connectivity index (χ4v) is 4.82. The molecule has 0 amide bonds. The van der Waals surface area contributed by atoms with Crippen molar-refractivity contribution >= 4 is 11.5 Å². The smallest absolute Gasteiger partial charge is 0.193 e. The fourth-order valence-electron chi connectivity index (χ4n) is 4.82. The Hall–Kier alpha value is -2.09. The van der Waals surface area contributed by atoms with E-state index in [4.69, 9.17) is 0 Å². The zero-order valence-electron chi connectivity index (χ0n) is 22.8. The lowest BCUT2D eigenvalue weighted by atomic mass is 10.0. The SMILES string of the molecule is CCCCCCCCCCN(CCCCCCCCCC)c1ccc(C(=O)c2ccccc2)cc1. The minimum absolute atomic E-state index is 0.106. The molecule has 2 aromatic rings. The first kappa shape index (κ1) is 29.1. The number of hydrogen-bond donors (Lipinski definition) is 0. The third-order valence-electron chi connectivity index (χ3n) is 7.09. The normalized spacial score (nSPS) is 11.0. The maximum atomic E-state index is 12.8. The summed E-state index contributed by atoms with van der Waals surface area (Å²) in [5, 5.41) is 0. The molecule has 0 aromatic heterocycles. The van der Waals surface area contributed by atoms with Crippen molar-refractivity contribution in [3.63, 3.8) is 0 Å². The largest absolute Gasteiger partial charge is 0.372 e. The van der Waals surface area contributed by atoms with Gasteiger partial charge in [-0.3, -0.25) is 4.79 Å². The molecule has 0 aliphatic rings. The van der Waals surface area contributed by atoms with E-state index in [2.05, 4.69) is 30.9 Å². The van der Waals surface area contributed by atoms with E-state index in [1.807, 2.05) is 42.5 Å². The number of carbonyl (C=O) groups is 1. The Morgan fingerprint density at radius 1 is 0.514 bits per heavy atom. The molecule has 0 aliphatic carbocycles. The molecule has 2 nitrogen and oxygen atoms in total. The van der Waals surface area contributed by atoms with E-state index in [1.165, 1.54) is 108 Å². The highest BCUT2D eigenvalue weighted by atomic mass is 16.1. The van der Waals surface area contributed by atoms with Gasteiger partial charge in [-0.1, -0.05) is 134 Å². The highest BCUT2D eigenvalue weighted by molar-refractivity contribution is 6.09. The predicted molar refractivity (Wildman–Crippen MR) is 154 cm³/mol. The van der Waals surface area contributed by atoms with Gasteiger partial charge in [0.25, 0.3) is 0 Å². The molecular weight excluding hydrogens is 426 g/mol. The molecule has 0 aliphatic heterocycles. The van der Waals surface area contributed by atoms with Crippen molar-refractivity contribution in [2.45, 2.75) is 117 Å². The average Bonchev–Trinajstić information content (AvgIpc) is 2.90. The number of anilines is 1. The molecule has 0 radical (unpaired) electrons. The van der Waals surface area contributed by atoms with Gasteiger partial charge in [0.15, 0.2) is 5.78 Å². The Kier molecular flexibility index (Phi) is 15.9. The molecule has 2 aromatic carbocycles. The number of ketones is 1. The summed E-state index contributed by atoms with van der Waals surface area (Å²) >= 11 is 0. The van der Waals surface area contributed by atoms with Gasteiger partial charge in [0.05, 0.1) is 0 Å². The number of benzene rings is 2. The molecule has 0 saturated heterocycles. The Balaban J connectivity index is 1.84. The Morgan fingerprint density at radius 2 is 0.914 bits per heavy atom. The van der Waals surface area contributed by atoms with Crippen LogP contribution in [0.2, 0.25) is 0 Å². The lowest BCUT2D eigenvalue weighted by molar-refractivity contribution is 0.103. The van der Waals surface area contributed by atoms with Crippen LogP contribution < -0.4 is 4.90 Å². The summed E-state index contributed by atoms with van der Waals surface area (Å²) < 4.78 is 0. The van der Waals surface area contributed by atoms with Crippen molar-refractivity contribution in [1.29, 1.82) is 0 Å². The van der Waals surface area contributed by atoms with Gasteiger partial charge in [0.2, 0.25) is 0 Å². The Labute approximate surface area is 216 Å². The lowest BCUT2D eigenvalue weighted by Gasteiger charge is -2.25. The van der Waals surface area contributed by atoms with Crippen LogP contribution >= 0.6 is 0 Å². The summed E-state index contributed by atoms with van der Waals surface area (Å²) in [6.45, 7) is 6.81. The third kappa shape index (κ3) is 12.4. The molecule has 0 spiro atoms. The summed E-state index contributed by atoms with van der Waals surface area (Å²) in [7, 11) is 0. The van der Waals surface area contributed by atoms with E-state index in [1.54, 1.807) is 0 Å². The molecule has 2 rings (SSSR count). The van der Waals surface area contributed by atoms with E-state index in [-0.39, 0.29) is 5.78 Å². The molecule has 0 atom stereocenters. The van der Waals surface area contributed by atoms with Crippen LogP contribution in [0.25, 0.3) is 0 Å². The molecular formula is C33H51NO. The quantitative estimate of drug-likeness (QED) is 0.132. The maximum Gasteiger partial charge on any atom is 0.193 e. The minimum atomic E-state index is 0.106. The zero-order valence-corrected chi connectivity index (χ0v) is 22.8. The van der Waals surface area contributed by atoms with Crippen LogP contribution in [-0.2, 0) is 0 Å². The van der Waals surface area contributed by atoms with E-state index in [0.29, 0.717) is 0 Å². The lowest BCUT2D eigenvalue weighted by Crippen LogP contribution is -2.25. The van der Waals surface area contributed by atoms with Crippen molar-refractivity contribution in [2.75, 3.05) is 18.0 Å². The van der Waals surface area contributed by atoms with Crippen molar-refractivity contribution < 1.29 is 4.79 Å². The standard InChI is InChI=1S/C33H51NO/c1-3-5-7-9-11-13-15-20-28-34(29-21-16-14-12-10-8-6-4-2)32-26-24-31(25-27-32)33(35)30-22-18-17-19-23-30/h17-19,22-27H,3-16,20-21,28-29H2,1-2H3. The van der Waals surface area contributed by atoms with Gasteiger partial charge in [0.1, 0.15) is 0 Å². The van der Waals surface area contributed by atoms with Gasteiger partial charge in [0, 0.05) is 29.9 Å². The van der Waals surface area contributed by atoms with Gasteiger partial charge in [-0.2, -0.15) is 0 Å². The first-order chi connectivity index (χ1) is 17.3. The van der Waals surface area contributed by atoms with Crippen LogP contribution in [0.4, 0.5) is 5.69 Å². The first-order valence-corrected chi connectivity index (χ1v) is 14.7. The molecule has 2 heteroatoms. The number of unbranched alkanes of at least 4 members (excludes halogenated alkanes) is 14. The van der Waals surface area contributed by atoms with E-state index >= 15 is 0 Å². The average molecular weight is 478 g/mol. The van der Waals surface area contributed by atoms with Crippen molar-refractivity contribution in [2.24, 2.45) is 0 Å². The maximum absolute atomic E-state index is 12.8. The predicted octanol–water partition coefficient (Wildman–Crippen LogP) is 10.0.